The number of sulfonamides is 1. The van der Waals surface area contributed by atoms with Gasteiger partial charge in [-0.05, 0) is 42.7 Å². The Labute approximate surface area is 172 Å². The average Bonchev–Trinajstić information content (AvgIpc) is 2.53. The van der Waals surface area contributed by atoms with E-state index in [2.05, 4.69) is 21.1 Å². The van der Waals surface area contributed by atoms with Gasteiger partial charge in [0, 0.05) is 12.2 Å². The molecule has 0 unspecified atom stereocenters. The Morgan fingerprint density at radius 1 is 1.08 bits per heavy atom. The van der Waals surface area contributed by atoms with Crippen LogP contribution in [0.25, 0.3) is 0 Å². The van der Waals surface area contributed by atoms with Crippen LogP contribution in [0.3, 0.4) is 0 Å². The number of anilines is 1. The third-order valence-corrected chi connectivity index (χ3v) is 4.78. The molecular weight excluding hydrogens is 463 g/mol. The molecule has 8 heteroatoms. The molecule has 0 aromatic heterocycles. The van der Waals surface area contributed by atoms with E-state index in [1.54, 1.807) is 0 Å². The van der Waals surface area contributed by atoms with E-state index in [0.29, 0.717) is 0 Å². The molecule has 6 nitrogen and oxygen atoms in total. The summed E-state index contributed by atoms with van der Waals surface area (Å²) in [5, 5.41) is 2.98. The summed E-state index contributed by atoms with van der Waals surface area (Å²) in [6, 6.07) is 15.3. The lowest BCUT2D eigenvalue weighted by atomic mass is 10.1. The third kappa shape index (κ3) is 8.15. The summed E-state index contributed by atoms with van der Waals surface area (Å²) in [7, 11) is -3.40. The summed E-state index contributed by atoms with van der Waals surface area (Å²) >= 11 is 0. The lowest BCUT2D eigenvalue weighted by Crippen LogP contribution is -2.28. The van der Waals surface area contributed by atoms with Gasteiger partial charge in [-0.1, -0.05) is 36.4 Å². The fraction of sp³-hybridized carbons (Fsp3) is 0.278. The zero-order chi connectivity index (χ0) is 18.3. The highest BCUT2D eigenvalue weighted by Gasteiger charge is 2.09. The lowest BCUT2D eigenvalue weighted by Gasteiger charge is -2.08. The predicted molar refractivity (Wildman–Crippen MR) is 119 cm³/mol. The molecule has 2 rings (SSSR count). The van der Waals surface area contributed by atoms with Gasteiger partial charge in [-0.3, -0.25) is 4.99 Å². The molecule has 0 saturated carbocycles. The Balaban J connectivity index is 0.00000338. The molecule has 0 saturated heterocycles. The minimum absolute atomic E-state index is 0. The predicted octanol–water partition coefficient (Wildman–Crippen LogP) is 2.77. The number of rotatable bonds is 7. The molecule has 0 spiro atoms. The van der Waals surface area contributed by atoms with Crippen molar-refractivity contribution in [2.75, 3.05) is 17.6 Å². The Kier molecular flexibility index (Phi) is 9.03. The van der Waals surface area contributed by atoms with Gasteiger partial charge in [0.25, 0.3) is 0 Å². The first-order valence-electron chi connectivity index (χ1n) is 8.00. The Morgan fingerprint density at radius 3 is 2.31 bits per heavy atom. The topological polar surface area (TPSA) is 96.6 Å². The summed E-state index contributed by atoms with van der Waals surface area (Å²) in [5.41, 5.74) is 9.80. The van der Waals surface area contributed by atoms with Crippen LogP contribution in [-0.2, 0) is 16.6 Å². The van der Waals surface area contributed by atoms with Crippen molar-refractivity contribution < 1.29 is 8.42 Å². The van der Waals surface area contributed by atoms with Crippen LogP contribution >= 0.6 is 24.0 Å². The van der Waals surface area contributed by atoms with Crippen molar-refractivity contribution in [1.29, 1.82) is 0 Å². The number of benzene rings is 2. The van der Waals surface area contributed by atoms with Crippen LogP contribution in [0.5, 0.6) is 0 Å². The molecule has 0 radical (unpaired) electrons. The standard InChI is InChI=1S/C18H24N4O2S.HI/c1-14-10-15(2)12-17(11-14)22-18(19)20-8-9-25(23,24)21-13-16-6-4-3-5-7-16;/h3-7,10-12,21H,8-9,13H2,1-2H3,(H3,19,20,22);1H. The quantitative estimate of drug-likeness (QED) is 0.317. The van der Waals surface area contributed by atoms with Crippen molar-refractivity contribution in [3.8, 4) is 0 Å². The number of nitrogens with two attached hydrogens (primary N) is 1. The number of hydrogen-bond acceptors (Lipinski definition) is 3. The number of nitrogens with zero attached hydrogens (tertiary/aromatic N) is 1. The molecule has 26 heavy (non-hydrogen) atoms. The van der Waals surface area contributed by atoms with Crippen LogP contribution in [-0.4, -0.2) is 26.7 Å². The van der Waals surface area contributed by atoms with Gasteiger partial charge in [0.1, 0.15) is 0 Å². The van der Waals surface area contributed by atoms with E-state index in [1.807, 2.05) is 56.3 Å². The van der Waals surface area contributed by atoms with E-state index in [9.17, 15) is 8.42 Å². The summed E-state index contributed by atoms with van der Waals surface area (Å²) in [5.74, 6) is 0.0814. The first-order valence-corrected chi connectivity index (χ1v) is 9.66. The van der Waals surface area contributed by atoms with E-state index in [-0.39, 0.29) is 48.8 Å². The fourth-order valence-electron chi connectivity index (χ4n) is 2.38. The molecule has 2 aromatic rings. The zero-order valence-electron chi connectivity index (χ0n) is 14.9. The highest BCUT2D eigenvalue weighted by molar-refractivity contribution is 14.0. The highest BCUT2D eigenvalue weighted by Crippen LogP contribution is 2.13. The Morgan fingerprint density at radius 2 is 1.69 bits per heavy atom. The zero-order valence-corrected chi connectivity index (χ0v) is 18.0. The normalized spacial score (nSPS) is 11.7. The first-order chi connectivity index (χ1) is 11.8. The van der Waals surface area contributed by atoms with Crippen LogP contribution in [0.1, 0.15) is 16.7 Å². The maximum atomic E-state index is 12.0. The maximum absolute atomic E-state index is 12.0. The minimum atomic E-state index is -3.40. The third-order valence-electron chi connectivity index (χ3n) is 3.48. The monoisotopic (exact) mass is 488 g/mol. The summed E-state index contributed by atoms with van der Waals surface area (Å²) in [6.45, 7) is 4.35. The van der Waals surface area contributed by atoms with E-state index < -0.39 is 10.0 Å². The molecule has 0 aliphatic rings. The maximum Gasteiger partial charge on any atom is 0.213 e. The van der Waals surface area contributed by atoms with Crippen molar-refractivity contribution >= 4 is 45.6 Å². The average molecular weight is 488 g/mol. The molecule has 0 heterocycles. The van der Waals surface area contributed by atoms with E-state index in [1.165, 1.54) is 0 Å². The van der Waals surface area contributed by atoms with Gasteiger partial charge in [-0.15, -0.1) is 24.0 Å². The Bertz CT molecular complexity index is 819. The van der Waals surface area contributed by atoms with Crippen LogP contribution in [0.2, 0.25) is 0 Å². The second kappa shape index (κ2) is 10.5. The van der Waals surface area contributed by atoms with Gasteiger partial charge in [0.2, 0.25) is 10.0 Å². The van der Waals surface area contributed by atoms with Crippen LogP contribution in [0, 0.1) is 13.8 Å². The van der Waals surface area contributed by atoms with Crippen molar-refractivity contribution in [3.63, 3.8) is 0 Å². The van der Waals surface area contributed by atoms with E-state index in [0.717, 1.165) is 22.4 Å². The molecule has 2 aromatic carbocycles. The van der Waals surface area contributed by atoms with Gasteiger partial charge in [-0.25, -0.2) is 13.1 Å². The first kappa shape index (κ1) is 22.4. The van der Waals surface area contributed by atoms with E-state index in [4.69, 9.17) is 5.73 Å². The van der Waals surface area contributed by atoms with Gasteiger partial charge in [-0.2, -0.15) is 0 Å². The van der Waals surface area contributed by atoms with Crippen molar-refractivity contribution in [3.05, 3.63) is 65.2 Å². The SMILES string of the molecule is Cc1cc(C)cc(NC(N)=NCCS(=O)(=O)NCc2ccccc2)c1.I. The van der Waals surface area contributed by atoms with Crippen molar-refractivity contribution in [2.24, 2.45) is 10.7 Å². The number of halogens is 1. The molecule has 0 fully saturated rings. The van der Waals surface area contributed by atoms with Crippen LogP contribution in [0.4, 0.5) is 5.69 Å². The Hall–Kier alpha value is -1.65. The van der Waals surface area contributed by atoms with Gasteiger partial charge >= 0.3 is 0 Å². The molecular formula is C18H25IN4O2S. The largest absolute Gasteiger partial charge is 0.370 e. The van der Waals surface area contributed by atoms with Gasteiger partial charge in [0.05, 0.1) is 12.3 Å². The van der Waals surface area contributed by atoms with E-state index >= 15 is 0 Å². The molecule has 0 aliphatic heterocycles. The van der Waals surface area contributed by atoms with Crippen molar-refractivity contribution in [1.82, 2.24) is 4.72 Å². The number of guanidine groups is 1. The second-order valence-corrected chi connectivity index (χ2v) is 7.82. The van der Waals surface area contributed by atoms with Crippen LogP contribution < -0.4 is 15.8 Å². The highest BCUT2D eigenvalue weighted by atomic mass is 127. The summed E-state index contributed by atoms with van der Waals surface area (Å²) in [4.78, 5) is 4.08. The number of nitrogens with one attached hydrogen (secondary N) is 2. The molecule has 0 atom stereocenters. The molecule has 0 aliphatic carbocycles. The second-order valence-electron chi connectivity index (χ2n) is 5.89. The molecule has 142 valence electrons. The fourth-order valence-corrected chi connectivity index (χ4v) is 3.24. The minimum Gasteiger partial charge on any atom is -0.370 e. The molecule has 0 amide bonds. The lowest BCUT2D eigenvalue weighted by molar-refractivity contribution is 0.581. The van der Waals surface area contributed by atoms with Gasteiger partial charge in [0.15, 0.2) is 5.96 Å². The molecule has 4 N–H and O–H groups in total. The van der Waals surface area contributed by atoms with Crippen molar-refractivity contribution in [2.45, 2.75) is 20.4 Å². The number of hydrogen-bond donors (Lipinski definition) is 3. The number of aryl methyl sites for hydroxylation is 2. The number of aliphatic imine (C=N–C) groups is 1. The van der Waals surface area contributed by atoms with Gasteiger partial charge < -0.3 is 11.1 Å². The summed E-state index contributed by atoms with van der Waals surface area (Å²) < 4.78 is 26.5. The smallest absolute Gasteiger partial charge is 0.213 e. The molecule has 0 bridgehead atoms. The summed E-state index contributed by atoms with van der Waals surface area (Å²) in [6.07, 6.45) is 0. The van der Waals surface area contributed by atoms with Crippen LogP contribution in [0.15, 0.2) is 53.5 Å².